The van der Waals surface area contributed by atoms with Gasteiger partial charge in [-0.3, -0.25) is 9.48 Å². The van der Waals surface area contributed by atoms with Crippen LogP contribution in [0.4, 0.5) is 24.5 Å². The quantitative estimate of drug-likeness (QED) is 0.516. The highest BCUT2D eigenvalue weighted by Gasteiger charge is 2.37. The fourth-order valence-corrected chi connectivity index (χ4v) is 3.66. The molecule has 3 heterocycles. The number of rotatable bonds is 3. The Labute approximate surface area is 182 Å². The van der Waals surface area contributed by atoms with Gasteiger partial charge in [0.25, 0.3) is 5.91 Å². The zero-order valence-electron chi connectivity index (χ0n) is 15.5. The van der Waals surface area contributed by atoms with Gasteiger partial charge in [0, 0.05) is 28.8 Å². The van der Waals surface area contributed by atoms with Crippen LogP contribution in [0.3, 0.4) is 0 Å². The average Bonchev–Trinajstić information content (AvgIpc) is 3.14. The van der Waals surface area contributed by atoms with Crippen LogP contribution >= 0.6 is 22.6 Å². The van der Waals surface area contributed by atoms with Gasteiger partial charge in [-0.15, -0.1) is 0 Å². The number of anilines is 1. The number of aryl methyl sites for hydroxylation is 2. The second-order valence-electron chi connectivity index (χ2n) is 6.57. The van der Waals surface area contributed by atoms with E-state index in [4.69, 9.17) is 0 Å². The smallest absolute Gasteiger partial charge is 0.320 e. The SMILES string of the molecule is Cn1nccc1C(=O)Nc1ccc(-c2ncc3c(n2)CCC(C(F)(F)F)=N3)cc1I. The molecule has 0 fully saturated rings. The van der Waals surface area contributed by atoms with Gasteiger partial charge < -0.3 is 5.32 Å². The Bertz CT molecular complexity index is 1170. The molecule has 2 aromatic heterocycles. The van der Waals surface area contributed by atoms with Crippen molar-refractivity contribution >= 4 is 45.6 Å². The van der Waals surface area contributed by atoms with Crippen LogP contribution in [0.1, 0.15) is 22.6 Å². The van der Waals surface area contributed by atoms with E-state index in [1.54, 1.807) is 31.3 Å². The lowest BCUT2D eigenvalue weighted by Crippen LogP contribution is -2.25. The van der Waals surface area contributed by atoms with Crippen LogP contribution in [-0.2, 0) is 13.5 Å². The lowest BCUT2D eigenvalue weighted by molar-refractivity contribution is -0.0605. The molecule has 1 aromatic carbocycles. The summed E-state index contributed by atoms with van der Waals surface area (Å²) in [5, 5.41) is 6.80. The number of amides is 1. The molecule has 0 saturated carbocycles. The van der Waals surface area contributed by atoms with Crippen LogP contribution in [0, 0.1) is 3.57 Å². The molecule has 0 bridgehead atoms. The van der Waals surface area contributed by atoms with Crippen LogP contribution in [0.5, 0.6) is 0 Å². The van der Waals surface area contributed by atoms with Crippen LogP contribution in [-0.4, -0.2) is 37.5 Å². The summed E-state index contributed by atoms with van der Waals surface area (Å²) >= 11 is 2.09. The van der Waals surface area contributed by atoms with Gasteiger partial charge >= 0.3 is 6.18 Å². The molecule has 0 spiro atoms. The molecule has 0 aliphatic carbocycles. The Morgan fingerprint density at radius 1 is 1.23 bits per heavy atom. The molecule has 1 aliphatic heterocycles. The third-order valence-corrected chi connectivity index (χ3v) is 5.45. The number of halogens is 4. The molecule has 0 unspecified atom stereocenters. The highest BCUT2D eigenvalue weighted by Crippen LogP contribution is 2.32. The minimum absolute atomic E-state index is 0.145. The first-order valence-electron chi connectivity index (χ1n) is 8.82. The number of hydrogen-bond donors (Lipinski definition) is 1. The number of fused-ring (bicyclic) bond motifs is 1. The molecule has 4 rings (SSSR count). The van der Waals surface area contributed by atoms with Crippen molar-refractivity contribution in [1.29, 1.82) is 0 Å². The van der Waals surface area contributed by atoms with Crippen molar-refractivity contribution in [2.45, 2.75) is 19.0 Å². The van der Waals surface area contributed by atoms with E-state index in [0.717, 1.165) is 3.57 Å². The molecule has 0 atom stereocenters. The second kappa shape index (κ2) is 7.78. The standard InChI is InChI=1S/C19H14F3IN6O/c1-29-15(6-7-25-29)18(30)28-12-3-2-10(8-11(12)23)17-24-9-14-13(27-17)4-5-16(26-14)19(20,21)22/h2-3,6-9H,4-5H2,1H3,(H,28,30). The Morgan fingerprint density at radius 3 is 2.70 bits per heavy atom. The van der Waals surface area contributed by atoms with Crippen molar-refractivity contribution in [3.05, 3.63) is 51.6 Å². The van der Waals surface area contributed by atoms with E-state index < -0.39 is 11.9 Å². The number of benzene rings is 1. The fourth-order valence-electron chi connectivity index (χ4n) is 3.01. The van der Waals surface area contributed by atoms with E-state index in [1.807, 2.05) is 0 Å². The van der Waals surface area contributed by atoms with E-state index in [9.17, 15) is 18.0 Å². The van der Waals surface area contributed by atoms with Crippen molar-refractivity contribution < 1.29 is 18.0 Å². The van der Waals surface area contributed by atoms with E-state index in [0.29, 0.717) is 28.5 Å². The summed E-state index contributed by atoms with van der Waals surface area (Å²) in [7, 11) is 1.68. The van der Waals surface area contributed by atoms with Crippen molar-refractivity contribution in [2.24, 2.45) is 12.0 Å². The Kier molecular flexibility index (Phi) is 5.30. The molecule has 0 radical (unpaired) electrons. The number of aromatic nitrogens is 4. The normalized spacial score (nSPS) is 13.6. The van der Waals surface area contributed by atoms with E-state index in [2.05, 4.69) is 48.0 Å². The van der Waals surface area contributed by atoms with Crippen molar-refractivity contribution in [1.82, 2.24) is 19.7 Å². The van der Waals surface area contributed by atoms with Gasteiger partial charge in [0.1, 0.15) is 17.1 Å². The predicted molar refractivity (Wildman–Crippen MR) is 113 cm³/mol. The van der Waals surface area contributed by atoms with Crippen molar-refractivity contribution in [3.63, 3.8) is 0 Å². The summed E-state index contributed by atoms with van der Waals surface area (Å²) in [6, 6.07) is 6.89. The maximum absolute atomic E-state index is 12.9. The third-order valence-electron chi connectivity index (χ3n) is 4.56. The van der Waals surface area contributed by atoms with Crippen LogP contribution < -0.4 is 5.32 Å². The number of nitrogens with one attached hydrogen (secondary N) is 1. The zero-order chi connectivity index (χ0) is 21.5. The third kappa shape index (κ3) is 4.06. The largest absolute Gasteiger partial charge is 0.429 e. The molecule has 154 valence electrons. The molecule has 1 N–H and O–H groups in total. The summed E-state index contributed by atoms with van der Waals surface area (Å²) in [5.74, 6) is 0.103. The zero-order valence-corrected chi connectivity index (χ0v) is 17.7. The lowest BCUT2D eigenvalue weighted by Gasteiger charge is -2.17. The molecule has 3 aromatic rings. The monoisotopic (exact) mass is 526 g/mol. The Balaban J connectivity index is 1.57. The Hall–Kier alpha value is -2.83. The molecular weight excluding hydrogens is 512 g/mol. The van der Waals surface area contributed by atoms with Crippen LogP contribution in [0.2, 0.25) is 0 Å². The maximum Gasteiger partial charge on any atom is 0.429 e. The lowest BCUT2D eigenvalue weighted by atomic mass is 10.1. The number of aliphatic imine (C=N–C) groups is 1. The van der Waals surface area contributed by atoms with Gasteiger partial charge in [-0.25, -0.2) is 15.0 Å². The second-order valence-corrected chi connectivity index (χ2v) is 7.73. The summed E-state index contributed by atoms with van der Waals surface area (Å²) < 4.78 is 40.8. The van der Waals surface area contributed by atoms with Gasteiger partial charge in [-0.05, 0) is 53.3 Å². The van der Waals surface area contributed by atoms with Crippen molar-refractivity contribution in [3.8, 4) is 11.4 Å². The number of carbonyl (C=O) groups excluding carboxylic acids is 1. The van der Waals surface area contributed by atoms with Crippen molar-refractivity contribution in [2.75, 3.05) is 5.32 Å². The first-order valence-corrected chi connectivity index (χ1v) is 9.90. The Morgan fingerprint density at radius 2 is 2.03 bits per heavy atom. The average molecular weight is 526 g/mol. The van der Waals surface area contributed by atoms with E-state index in [-0.39, 0.29) is 24.4 Å². The molecule has 0 saturated heterocycles. The van der Waals surface area contributed by atoms with Gasteiger partial charge in [0.05, 0.1) is 17.6 Å². The molecule has 11 heteroatoms. The van der Waals surface area contributed by atoms with Gasteiger partial charge in [-0.2, -0.15) is 18.3 Å². The number of carbonyl (C=O) groups is 1. The van der Waals surface area contributed by atoms with Gasteiger partial charge in [-0.1, -0.05) is 0 Å². The van der Waals surface area contributed by atoms with Gasteiger partial charge in [0.2, 0.25) is 0 Å². The summed E-state index contributed by atoms with van der Waals surface area (Å²) in [6.07, 6.45) is -1.64. The van der Waals surface area contributed by atoms with E-state index >= 15 is 0 Å². The van der Waals surface area contributed by atoms with E-state index in [1.165, 1.54) is 17.1 Å². The predicted octanol–water partition coefficient (Wildman–Crippen LogP) is 4.32. The first kappa shape index (κ1) is 20.4. The van der Waals surface area contributed by atoms with Gasteiger partial charge in [0.15, 0.2) is 5.82 Å². The minimum Gasteiger partial charge on any atom is -0.320 e. The fraction of sp³-hybridized carbons (Fsp3) is 0.211. The summed E-state index contributed by atoms with van der Waals surface area (Å²) in [4.78, 5) is 24.6. The molecular formula is C19H14F3IN6O. The van der Waals surface area contributed by atoms with Crippen LogP contribution in [0.15, 0.2) is 41.7 Å². The highest BCUT2D eigenvalue weighted by atomic mass is 127. The minimum atomic E-state index is -4.44. The highest BCUT2D eigenvalue weighted by molar-refractivity contribution is 14.1. The topological polar surface area (TPSA) is 85.1 Å². The number of hydrogen-bond acceptors (Lipinski definition) is 5. The van der Waals surface area contributed by atoms with Crippen LogP contribution in [0.25, 0.3) is 11.4 Å². The maximum atomic E-state index is 12.9. The summed E-state index contributed by atoms with van der Waals surface area (Å²) in [5.41, 5.74) is 1.54. The molecule has 7 nitrogen and oxygen atoms in total. The molecule has 1 amide bonds. The molecule has 30 heavy (non-hydrogen) atoms. The number of nitrogens with zero attached hydrogens (tertiary/aromatic N) is 5. The first-order chi connectivity index (χ1) is 14.2. The summed E-state index contributed by atoms with van der Waals surface area (Å²) in [6.45, 7) is 0. The molecule has 1 aliphatic rings. The number of alkyl halides is 3.